The van der Waals surface area contributed by atoms with Gasteiger partial charge in [-0.3, -0.25) is 9.69 Å². The van der Waals surface area contributed by atoms with Crippen LogP contribution in [0.2, 0.25) is 5.02 Å². The zero-order valence-corrected chi connectivity index (χ0v) is 11.0. The van der Waals surface area contributed by atoms with E-state index in [1.54, 1.807) is 18.2 Å². The van der Waals surface area contributed by atoms with E-state index in [-0.39, 0.29) is 18.6 Å². The second-order valence-electron chi connectivity index (χ2n) is 4.53. The maximum Gasteiger partial charge on any atom is 0.238 e. The average Bonchev–Trinajstić information content (AvgIpc) is 2.74. The fourth-order valence-corrected chi connectivity index (χ4v) is 2.27. The molecule has 1 aliphatic rings. The van der Waals surface area contributed by atoms with Crippen molar-refractivity contribution in [2.45, 2.75) is 12.5 Å². The second kappa shape index (κ2) is 6.02. The number of hydrogen-bond acceptors (Lipinski definition) is 4. The molecule has 1 saturated heterocycles. The third-order valence-electron chi connectivity index (χ3n) is 2.99. The van der Waals surface area contributed by atoms with Gasteiger partial charge in [-0.1, -0.05) is 11.6 Å². The van der Waals surface area contributed by atoms with Crippen molar-refractivity contribution < 1.29 is 9.90 Å². The van der Waals surface area contributed by atoms with Gasteiger partial charge in [0.05, 0.1) is 23.2 Å². The minimum Gasteiger partial charge on any atom is -0.392 e. The highest BCUT2D eigenvalue weighted by atomic mass is 35.5. The van der Waals surface area contributed by atoms with Crippen molar-refractivity contribution in [1.82, 2.24) is 4.90 Å². The lowest BCUT2D eigenvalue weighted by Crippen LogP contribution is -2.32. The fourth-order valence-electron chi connectivity index (χ4n) is 2.04. The van der Waals surface area contributed by atoms with Crippen LogP contribution >= 0.6 is 11.6 Å². The summed E-state index contributed by atoms with van der Waals surface area (Å²) in [4.78, 5) is 13.7. The van der Waals surface area contributed by atoms with Crippen molar-refractivity contribution in [3.05, 3.63) is 28.8 Å². The Morgan fingerprint density at radius 1 is 1.63 bits per heavy atom. The zero-order chi connectivity index (χ0) is 13.8. The Bertz CT molecular complexity index is 527. The second-order valence-corrected chi connectivity index (χ2v) is 4.94. The molecule has 0 bridgehead atoms. The number of aliphatic hydroxyl groups is 1. The Morgan fingerprint density at radius 2 is 2.42 bits per heavy atom. The van der Waals surface area contributed by atoms with Gasteiger partial charge >= 0.3 is 0 Å². The lowest BCUT2D eigenvalue weighted by atomic mass is 10.2. The standard InChI is InChI=1S/C13H14ClN3O2/c14-12-5-10(2-1-9(12)6-15)16-13(19)8-17-4-3-11(18)7-17/h1-2,5,11,18H,3-4,7-8H2,(H,16,19)/t11-/m1/s1. The molecule has 0 saturated carbocycles. The third kappa shape index (κ3) is 3.67. The zero-order valence-electron chi connectivity index (χ0n) is 10.3. The van der Waals surface area contributed by atoms with Gasteiger partial charge in [0.2, 0.25) is 5.91 Å². The van der Waals surface area contributed by atoms with Gasteiger partial charge in [-0.05, 0) is 24.6 Å². The highest BCUT2D eigenvalue weighted by Gasteiger charge is 2.21. The maximum absolute atomic E-state index is 11.8. The minimum atomic E-state index is -0.336. The summed E-state index contributed by atoms with van der Waals surface area (Å²) in [7, 11) is 0. The first-order valence-electron chi connectivity index (χ1n) is 5.98. The number of β-amino-alcohol motifs (C(OH)–C–C–N with tert-alkyl or cyclic N) is 1. The molecular formula is C13H14ClN3O2. The maximum atomic E-state index is 11.8. The van der Waals surface area contributed by atoms with E-state index in [0.29, 0.717) is 29.2 Å². The molecule has 0 spiro atoms. The first-order valence-corrected chi connectivity index (χ1v) is 6.36. The largest absolute Gasteiger partial charge is 0.392 e. The van der Waals surface area contributed by atoms with Crippen LogP contribution in [0.5, 0.6) is 0 Å². The van der Waals surface area contributed by atoms with E-state index >= 15 is 0 Å². The third-order valence-corrected chi connectivity index (χ3v) is 3.30. The van der Waals surface area contributed by atoms with Crippen molar-refractivity contribution in [3.63, 3.8) is 0 Å². The molecular weight excluding hydrogens is 266 g/mol. The first-order chi connectivity index (χ1) is 9.08. The van der Waals surface area contributed by atoms with Crippen LogP contribution in [0.3, 0.4) is 0 Å². The fraction of sp³-hybridized carbons (Fsp3) is 0.385. The number of carbonyl (C=O) groups is 1. The number of benzene rings is 1. The molecule has 0 aromatic heterocycles. The van der Waals surface area contributed by atoms with Crippen LogP contribution in [-0.2, 0) is 4.79 Å². The molecule has 1 aromatic rings. The molecule has 1 heterocycles. The first kappa shape index (κ1) is 13.8. The molecule has 1 atom stereocenters. The number of likely N-dealkylation sites (tertiary alicyclic amines) is 1. The van der Waals surface area contributed by atoms with Crippen LogP contribution in [-0.4, -0.2) is 41.7 Å². The summed E-state index contributed by atoms with van der Waals surface area (Å²) < 4.78 is 0. The van der Waals surface area contributed by atoms with Gasteiger partial charge in [0.1, 0.15) is 6.07 Å². The summed E-state index contributed by atoms with van der Waals surface area (Å²) in [5.41, 5.74) is 0.941. The number of nitrogens with one attached hydrogen (secondary N) is 1. The van der Waals surface area contributed by atoms with E-state index in [1.165, 1.54) is 0 Å². The summed E-state index contributed by atoms with van der Waals surface area (Å²) in [6, 6.07) is 6.72. The summed E-state index contributed by atoms with van der Waals surface area (Å²) in [5.74, 6) is -0.158. The van der Waals surface area contributed by atoms with Crippen molar-refractivity contribution in [2.24, 2.45) is 0 Å². The number of anilines is 1. The molecule has 5 nitrogen and oxygen atoms in total. The van der Waals surface area contributed by atoms with Crippen LogP contribution in [0.25, 0.3) is 0 Å². The summed E-state index contributed by atoms with van der Waals surface area (Å²) >= 11 is 5.89. The molecule has 2 rings (SSSR count). The van der Waals surface area contributed by atoms with E-state index in [4.69, 9.17) is 16.9 Å². The Labute approximate surface area is 116 Å². The van der Waals surface area contributed by atoms with Gasteiger partial charge < -0.3 is 10.4 Å². The molecule has 19 heavy (non-hydrogen) atoms. The highest BCUT2D eigenvalue weighted by Crippen LogP contribution is 2.20. The lowest BCUT2D eigenvalue weighted by Gasteiger charge is -2.14. The Morgan fingerprint density at radius 3 is 3.00 bits per heavy atom. The normalized spacial score (nSPS) is 19.1. The van der Waals surface area contributed by atoms with Crippen LogP contribution in [0.4, 0.5) is 5.69 Å². The molecule has 0 unspecified atom stereocenters. The Balaban J connectivity index is 1.92. The van der Waals surface area contributed by atoms with Crippen LogP contribution in [0.15, 0.2) is 18.2 Å². The molecule has 2 N–H and O–H groups in total. The number of carbonyl (C=O) groups excluding carboxylic acids is 1. The van der Waals surface area contributed by atoms with Gasteiger partial charge in [-0.15, -0.1) is 0 Å². The van der Waals surface area contributed by atoms with Gasteiger partial charge in [0, 0.05) is 18.8 Å². The topological polar surface area (TPSA) is 76.4 Å². The van der Waals surface area contributed by atoms with Gasteiger partial charge in [0.15, 0.2) is 0 Å². The predicted octanol–water partition coefficient (Wildman–Crippen LogP) is 1.22. The van der Waals surface area contributed by atoms with Crippen molar-refractivity contribution >= 4 is 23.2 Å². The number of aliphatic hydroxyl groups excluding tert-OH is 1. The van der Waals surface area contributed by atoms with Gasteiger partial charge in [0.25, 0.3) is 0 Å². The summed E-state index contributed by atoms with van der Waals surface area (Å²) in [6.45, 7) is 1.50. The number of amides is 1. The van der Waals surface area contributed by atoms with E-state index in [1.807, 2.05) is 11.0 Å². The van der Waals surface area contributed by atoms with Gasteiger partial charge in [-0.2, -0.15) is 5.26 Å². The Kier molecular flexibility index (Phi) is 4.38. The predicted molar refractivity (Wildman–Crippen MR) is 71.9 cm³/mol. The molecule has 100 valence electrons. The number of nitrogens with zero attached hydrogens (tertiary/aromatic N) is 2. The van der Waals surface area contributed by atoms with Crippen LogP contribution < -0.4 is 5.32 Å². The van der Waals surface area contributed by atoms with E-state index in [9.17, 15) is 9.90 Å². The van der Waals surface area contributed by atoms with Gasteiger partial charge in [-0.25, -0.2) is 0 Å². The summed E-state index contributed by atoms with van der Waals surface area (Å²) in [5, 5.41) is 21.2. The number of hydrogen-bond donors (Lipinski definition) is 2. The van der Waals surface area contributed by atoms with Crippen molar-refractivity contribution in [2.75, 3.05) is 25.0 Å². The highest BCUT2D eigenvalue weighted by molar-refractivity contribution is 6.32. The molecule has 1 fully saturated rings. The van der Waals surface area contributed by atoms with E-state index < -0.39 is 0 Å². The van der Waals surface area contributed by atoms with Crippen molar-refractivity contribution in [1.29, 1.82) is 5.26 Å². The number of rotatable bonds is 3. The molecule has 1 aliphatic heterocycles. The van der Waals surface area contributed by atoms with Crippen molar-refractivity contribution in [3.8, 4) is 6.07 Å². The average molecular weight is 280 g/mol. The van der Waals surface area contributed by atoms with E-state index in [0.717, 1.165) is 6.54 Å². The Hall–Kier alpha value is -1.61. The number of halogens is 1. The smallest absolute Gasteiger partial charge is 0.238 e. The van der Waals surface area contributed by atoms with E-state index in [2.05, 4.69) is 5.32 Å². The summed E-state index contributed by atoms with van der Waals surface area (Å²) in [6.07, 6.45) is 0.368. The quantitative estimate of drug-likeness (QED) is 0.872. The molecule has 6 heteroatoms. The van der Waals surface area contributed by atoms with Crippen LogP contribution in [0, 0.1) is 11.3 Å². The molecule has 1 aromatic carbocycles. The molecule has 0 aliphatic carbocycles. The lowest BCUT2D eigenvalue weighted by molar-refractivity contribution is -0.117. The molecule has 1 amide bonds. The minimum absolute atomic E-state index is 0.158. The monoisotopic (exact) mass is 279 g/mol. The van der Waals surface area contributed by atoms with Crippen LogP contribution in [0.1, 0.15) is 12.0 Å². The number of nitriles is 1. The SMILES string of the molecule is N#Cc1ccc(NC(=O)CN2CC[C@@H](O)C2)cc1Cl. The molecule has 0 radical (unpaired) electrons.